The second kappa shape index (κ2) is 6.75. The summed E-state index contributed by atoms with van der Waals surface area (Å²) in [7, 11) is 1.68. The largest absolute Gasteiger partial charge is 0.480 e. The number of likely N-dealkylation sites (tertiary alicyclic amines) is 1. The van der Waals surface area contributed by atoms with Crippen LogP contribution in [0.25, 0.3) is 0 Å². The molecule has 6 heteroatoms. The molecule has 0 aliphatic carbocycles. The Morgan fingerprint density at radius 2 is 2.11 bits per heavy atom. The first-order valence-corrected chi connectivity index (χ1v) is 6.77. The second-order valence-corrected chi connectivity index (χ2v) is 5.09. The molecule has 1 fully saturated rings. The molecular formula is C13H24N2O4. The number of hydrogen-bond donors (Lipinski definition) is 1. The molecule has 0 bridgehead atoms. The van der Waals surface area contributed by atoms with Crippen molar-refractivity contribution < 1.29 is 19.4 Å². The van der Waals surface area contributed by atoms with Gasteiger partial charge in [0.2, 0.25) is 0 Å². The van der Waals surface area contributed by atoms with Crippen LogP contribution in [0.15, 0.2) is 0 Å². The molecule has 0 radical (unpaired) electrons. The molecule has 1 atom stereocenters. The molecule has 0 spiro atoms. The lowest BCUT2D eigenvalue weighted by molar-refractivity contribution is -0.150. The molecule has 0 saturated carbocycles. The number of carbonyl (C=O) groups is 2. The van der Waals surface area contributed by atoms with Crippen LogP contribution in [0, 0.1) is 0 Å². The van der Waals surface area contributed by atoms with Gasteiger partial charge in [0.15, 0.2) is 0 Å². The molecule has 1 heterocycles. The lowest BCUT2D eigenvalue weighted by Gasteiger charge is -2.43. The van der Waals surface area contributed by atoms with Crippen LogP contribution in [0.3, 0.4) is 0 Å². The van der Waals surface area contributed by atoms with Gasteiger partial charge in [-0.1, -0.05) is 0 Å². The van der Waals surface area contributed by atoms with E-state index in [0.29, 0.717) is 32.7 Å². The Morgan fingerprint density at radius 1 is 1.42 bits per heavy atom. The van der Waals surface area contributed by atoms with Gasteiger partial charge in [0.05, 0.1) is 6.61 Å². The van der Waals surface area contributed by atoms with E-state index in [9.17, 15) is 14.7 Å². The number of likely N-dealkylation sites (N-methyl/N-ethyl adjacent to an activating group) is 1. The van der Waals surface area contributed by atoms with E-state index in [2.05, 4.69) is 0 Å². The third-order valence-electron chi connectivity index (χ3n) is 3.68. The van der Waals surface area contributed by atoms with Crippen molar-refractivity contribution in [2.24, 2.45) is 0 Å². The second-order valence-electron chi connectivity index (χ2n) is 5.09. The fraction of sp³-hybridized carbons (Fsp3) is 0.846. The lowest BCUT2D eigenvalue weighted by Crippen LogP contribution is -2.60. The van der Waals surface area contributed by atoms with E-state index in [1.807, 2.05) is 6.92 Å². The van der Waals surface area contributed by atoms with Crippen LogP contribution in [0.4, 0.5) is 4.79 Å². The van der Waals surface area contributed by atoms with Crippen molar-refractivity contribution in [3.8, 4) is 0 Å². The van der Waals surface area contributed by atoms with Gasteiger partial charge >= 0.3 is 12.0 Å². The molecule has 0 aromatic rings. The van der Waals surface area contributed by atoms with E-state index in [-0.39, 0.29) is 6.03 Å². The number of urea groups is 1. The molecule has 1 rings (SSSR count). The first-order valence-electron chi connectivity index (χ1n) is 6.77. The van der Waals surface area contributed by atoms with Crippen LogP contribution in [0.5, 0.6) is 0 Å². The molecule has 1 unspecified atom stereocenters. The number of piperidine rings is 1. The maximum atomic E-state index is 12.3. The quantitative estimate of drug-likeness (QED) is 0.768. The van der Waals surface area contributed by atoms with Gasteiger partial charge in [0.1, 0.15) is 5.54 Å². The fourth-order valence-corrected chi connectivity index (χ4v) is 2.30. The van der Waals surface area contributed by atoms with Crippen molar-refractivity contribution in [3.05, 3.63) is 0 Å². The Kier molecular flexibility index (Phi) is 5.60. The minimum absolute atomic E-state index is 0.232. The Hall–Kier alpha value is -1.30. The number of hydrogen-bond acceptors (Lipinski definition) is 3. The summed E-state index contributed by atoms with van der Waals surface area (Å²) in [6.07, 6.45) is 2.20. The summed E-state index contributed by atoms with van der Waals surface area (Å²) in [4.78, 5) is 26.8. The minimum atomic E-state index is -1.09. The van der Waals surface area contributed by atoms with Gasteiger partial charge in [-0.2, -0.15) is 0 Å². The van der Waals surface area contributed by atoms with Crippen LogP contribution in [0.1, 0.15) is 33.1 Å². The van der Waals surface area contributed by atoms with E-state index in [0.717, 1.165) is 12.8 Å². The Balaban J connectivity index is 2.69. The smallest absolute Gasteiger partial charge is 0.329 e. The average Bonchev–Trinajstić information content (AvgIpc) is 2.38. The molecule has 1 aliphatic rings. The van der Waals surface area contributed by atoms with Crippen molar-refractivity contribution in [2.45, 2.75) is 38.6 Å². The van der Waals surface area contributed by atoms with E-state index < -0.39 is 11.5 Å². The molecule has 110 valence electrons. The predicted octanol–water partition coefficient (Wildman–Crippen LogP) is 1.40. The number of rotatable bonds is 5. The number of ether oxygens (including phenoxy) is 1. The van der Waals surface area contributed by atoms with Crippen molar-refractivity contribution in [2.75, 3.05) is 33.4 Å². The average molecular weight is 272 g/mol. The highest BCUT2D eigenvalue weighted by molar-refractivity contribution is 5.86. The van der Waals surface area contributed by atoms with Gasteiger partial charge in [0.25, 0.3) is 0 Å². The maximum Gasteiger partial charge on any atom is 0.329 e. The number of carboxylic acid groups (broad SMARTS) is 1. The molecule has 6 nitrogen and oxygen atoms in total. The molecule has 2 amide bonds. The normalized spacial score (nSPS) is 23.2. The lowest BCUT2D eigenvalue weighted by atomic mass is 9.89. The molecule has 0 aromatic carbocycles. The Labute approximate surface area is 114 Å². The molecule has 0 aromatic heterocycles. The van der Waals surface area contributed by atoms with Gasteiger partial charge in [-0.25, -0.2) is 9.59 Å². The van der Waals surface area contributed by atoms with Crippen LogP contribution < -0.4 is 0 Å². The molecular weight excluding hydrogens is 248 g/mol. The minimum Gasteiger partial charge on any atom is -0.480 e. The number of aliphatic carboxylic acids is 1. The van der Waals surface area contributed by atoms with E-state index in [4.69, 9.17) is 4.74 Å². The Bertz CT molecular complexity index is 335. The van der Waals surface area contributed by atoms with Gasteiger partial charge in [-0.05, 0) is 33.1 Å². The zero-order chi connectivity index (χ0) is 14.5. The fourth-order valence-electron chi connectivity index (χ4n) is 2.30. The van der Waals surface area contributed by atoms with E-state index in [1.165, 1.54) is 9.80 Å². The standard InChI is InChI=1S/C13H24N2O4/c1-4-19-10-9-14(3)12(18)15-8-6-5-7-13(15,2)11(16)17/h4-10H2,1-3H3,(H,16,17). The Morgan fingerprint density at radius 3 is 2.68 bits per heavy atom. The van der Waals surface area contributed by atoms with Crippen molar-refractivity contribution in [1.29, 1.82) is 0 Å². The highest BCUT2D eigenvalue weighted by Crippen LogP contribution is 2.29. The first kappa shape index (κ1) is 15.8. The van der Waals surface area contributed by atoms with Crippen LogP contribution in [-0.2, 0) is 9.53 Å². The number of amides is 2. The first-order chi connectivity index (χ1) is 8.93. The monoisotopic (exact) mass is 272 g/mol. The summed E-state index contributed by atoms with van der Waals surface area (Å²) in [5, 5.41) is 9.38. The maximum absolute atomic E-state index is 12.3. The zero-order valence-corrected chi connectivity index (χ0v) is 12.0. The summed E-state index contributed by atoms with van der Waals surface area (Å²) in [5.74, 6) is -0.932. The number of carboxylic acids is 1. The summed E-state index contributed by atoms with van der Waals surface area (Å²) in [6, 6.07) is -0.232. The summed E-state index contributed by atoms with van der Waals surface area (Å²) < 4.78 is 5.21. The zero-order valence-electron chi connectivity index (χ0n) is 12.0. The van der Waals surface area contributed by atoms with Crippen LogP contribution in [-0.4, -0.2) is 65.8 Å². The predicted molar refractivity (Wildman–Crippen MR) is 71.1 cm³/mol. The van der Waals surface area contributed by atoms with Gasteiger partial charge in [-0.15, -0.1) is 0 Å². The SMILES string of the molecule is CCOCCN(C)C(=O)N1CCCCC1(C)C(=O)O. The van der Waals surface area contributed by atoms with E-state index >= 15 is 0 Å². The summed E-state index contributed by atoms with van der Waals surface area (Å²) >= 11 is 0. The van der Waals surface area contributed by atoms with Gasteiger partial charge in [-0.3, -0.25) is 0 Å². The number of nitrogens with zero attached hydrogens (tertiary/aromatic N) is 2. The third kappa shape index (κ3) is 3.59. The molecule has 1 saturated heterocycles. The van der Waals surface area contributed by atoms with Gasteiger partial charge < -0.3 is 19.6 Å². The molecule has 19 heavy (non-hydrogen) atoms. The van der Waals surface area contributed by atoms with Crippen molar-refractivity contribution in [1.82, 2.24) is 9.80 Å². The van der Waals surface area contributed by atoms with E-state index in [1.54, 1.807) is 14.0 Å². The molecule has 1 N–H and O–H groups in total. The van der Waals surface area contributed by atoms with Crippen LogP contribution >= 0.6 is 0 Å². The van der Waals surface area contributed by atoms with Crippen molar-refractivity contribution >= 4 is 12.0 Å². The third-order valence-corrected chi connectivity index (χ3v) is 3.68. The highest BCUT2D eigenvalue weighted by Gasteiger charge is 2.44. The topological polar surface area (TPSA) is 70.1 Å². The van der Waals surface area contributed by atoms with Crippen molar-refractivity contribution in [3.63, 3.8) is 0 Å². The summed E-state index contributed by atoms with van der Waals surface area (Å²) in [6.45, 7) is 5.57. The highest BCUT2D eigenvalue weighted by atomic mass is 16.5. The molecule has 1 aliphatic heterocycles. The van der Waals surface area contributed by atoms with Crippen LogP contribution in [0.2, 0.25) is 0 Å². The number of carbonyl (C=O) groups excluding carboxylic acids is 1. The van der Waals surface area contributed by atoms with Gasteiger partial charge in [0, 0.05) is 26.7 Å². The summed E-state index contributed by atoms with van der Waals surface area (Å²) in [5.41, 5.74) is -1.09.